The highest BCUT2D eigenvalue weighted by Crippen LogP contribution is 2.35. The normalized spacial score (nSPS) is 19.7. The highest BCUT2D eigenvalue weighted by molar-refractivity contribution is 7.89. The van der Waals surface area contributed by atoms with Gasteiger partial charge in [-0.2, -0.15) is 9.40 Å². The van der Waals surface area contributed by atoms with Gasteiger partial charge in [-0.1, -0.05) is 13.8 Å². The molecule has 2 heterocycles. The average molecular weight is 288 g/mol. The van der Waals surface area contributed by atoms with Crippen molar-refractivity contribution in [1.29, 1.82) is 0 Å². The third-order valence-electron chi connectivity index (χ3n) is 3.88. The van der Waals surface area contributed by atoms with E-state index in [1.165, 1.54) is 8.99 Å². The van der Waals surface area contributed by atoms with Gasteiger partial charge in [0.05, 0.1) is 11.3 Å². The molecule has 0 spiro atoms. The van der Waals surface area contributed by atoms with E-state index < -0.39 is 15.6 Å². The zero-order valence-electron chi connectivity index (χ0n) is 11.6. The van der Waals surface area contributed by atoms with Crippen LogP contribution in [0.2, 0.25) is 0 Å². The van der Waals surface area contributed by atoms with Crippen molar-refractivity contribution >= 4 is 15.8 Å². The number of hydrogen-bond donors (Lipinski definition) is 2. The molecule has 1 saturated heterocycles. The molecule has 0 atom stereocenters. The van der Waals surface area contributed by atoms with Crippen molar-refractivity contribution in [3.05, 3.63) is 5.69 Å². The second kappa shape index (κ2) is 4.19. The molecular weight excluding hydrogens is 268 g/mol. The lowest BCUT2D eigenvalue weighted by Crippen LogP contribution is -2.65. The first-order chi connectivity index (χ1) is 8.59. The summed E-state index contributed by atoms with van der Waals surface area (Å²) in [4.78, 5) is 0.0424. The Morgan fingerprint density at radius 3 is 2.32 bits per heavy atom. The van der Waals surface area contributed by atoms with Gasteiger partial charge in [-0.3, -0.25) is 4.68 Å². The molecule has 0 aromatic carbocycles. The van der Waals surface area contributed by atoms with Gasteiger partial charge < -0.3 is 10.8 Å². The SMILES string of the molecule is Cc1c(S(=O)(=O)N2CC(O)(C(C)C)C2)c(N)nn1C. The van der Waals surface area contributed by atoms with Gasteiger partial charge in [-0.15, -0.1) is 0 Å². The van der Waals surface area contributed by atoms with Gasteiger partial charge in [0.15, 0.2) is 5.82 Å². The molecule has 8 heteroatoms. The summed E-state index contributed by atoms with van der Waals surface area (Å²) < 4.78 is 27.6. The maximum absolute atomic E-state index is 12.5. The standard InChI is InChI=1S/C11H20N4O3S/c1-7(2)11(16)5-15(6-11)19(17,18)9-8(3)14(4)13-10(9)12/h7,16H,5-6H2,1-4H3,(H2,12,13). The van der Waals surface area contributed by atoms with Gasteiger partial charge in [-0.05, 0) is 12.8 Å². The second-order valence-electron chi connectivity index (χ2n) is 5.45. The maximum atomic E-state index is 12.5. The summed E-state index contributed by atoms with van der Waals surface area (Å²) in [6, 6.07) is 0. The largest absolute Gasteiger partial charge is 0.387 e. The number of nitrogens with zero attached hydrogens (tertiary/aromatic N) is 3. The molecule has 0 bridgehead atoms. The molecule has 108 valence electrons. The fourth-order valence-corrected chi connectivity index (χ4v) is 4.02. The molecule has 0 aliphatic carbocycles. The first-order valence-corrected chi connectivity index (χ1v) is 7.55. The van der Waals surface area contributed by atoms with E-state index in [2.05, 4.69) is 5.10 Å². The van der Waals surface area contributed by atoms with E-state index in [4.69, 9.17) is 5.73 Å². The van der Waals surface area contributed by atoms with Crippen LogP contribution in [0.5, 0.6) is 0 Å². The van der Waals surface area contributed by atoms with E-state index in [0.29, 0.717) is 5.69 Å². The molecule has 1 fully saturated rings. The number of nitrogen functional groups attached to an aromatic ring is 1. The third kappa shape index (κ3) is 2.03. The number of anilines is 1. The molecule has 0 saturated carbocycles. The zero-order chi connectivity index (χ0) is 14.6. The molecular formula is C11H20N4O3S. The fourth-order valence-electron chi connectivity index (χ4n) is 2.16. The average Bonchev–Trinajstić information content (AvgIpc) is 2.48. The lowest BCUT2D eigenvalue weighted by Gasteiger charge is -2.47. The van der Waals surface area contributed by atoms with E-state index in [1.807, 2.05) is 13.8 Å². The number of aliphatic hydroxyl groups is 1. The molecule has 7 nitrogen and oxygen atoms in total. The topological polar surface area (TPSA) is 101 Å². The summed E-state index contributed by atoms with van der Waals surface area (Å²) in [5, 5.41) is 14.1. The summed E-state index contributed by atoms with van der Waals surface area (Å²) in [6.45, 7) is 5.59. The lowest BCUT2D eigenvalue weighted by atomic mass is 9.85. The Balaban J connectivity index is 2.32. The number of rotatable bonds is 3. The zero-order valence-corrected chi connectivity index (χ0v) is 12.4. The number of sulfonamides is 1. The summed E-state index contributed by atoms with van der Waals surface area (Å²) in [6.07, 6.45) is 0. The first kappa shape index (κ1) is 14.3. The smallest absolute Gasteiger partial charge is 0.248 e. The van der Waals surface area contributed by atoms with E-state index in [9.17, 15) is 13.5 Å². The summed E-state index contributed by atoms with van der Waals surface area (Å²) in [7, 11) is -2.04. The Kier molecular flexibility index (Phi) is 3.15. The van der Waals surface area contributed by atoms with Crippen LogP contribution >= 0.6 is 0 Å². The third-order valence-corrected chi connectivity index (χ3v) is 5.84. The predicted molar refractivity (Wildman–Crippen MR) is 70.9 cm³/mol. The molecule has 0 radical (unpaired) electrons. The van der Waals surface area contributed by atoms with Crippen LogP contribution in [-0.4, -0.2) is 46.3 Å². The van der Waals surface area contributed by atoms with E-state index >= 15 is 0 Å². The minimum atomic E-state index is -3.68. The number of aryl methyl sites for hydroxylation is 1. The molecule has 3 N–H and O–H groups in total. The molecule has 2 rings (SSSR count). The van der Waals surface area contributed by atoms with Crippen LogP contribution in [0.3, 0.4) is 0 Å². The van der Waals surface area contributed by atoms with Crippen molar-refractivity contribution in [1.82, 2.24) is 14.1 Å². The number of β-amino-alcohol motifs (C(OH)–C–C–N with tert-alkyl or cyclic N) is 1. The quantitative estimate of drug-likeness (QED) is 0.795. The minimum Gasteiger partial charge on any atom is -0.387 e. The van der Waals surface area contributed by atoms with Crippen LogP contribution in [0.4, 0.5) is 5.82 Å². The molecule has 1 aromatic heterocycles. The van der Waals surface area contributed by atoms with E-state index in [1.54, 1.807) is 14.0 Å². The van der Waals surface area contributed by atoms with Crippen molar-refractivity contribution in [3.63, 3.8) is 0 Å². The van der Waals surface area contributed by atoms with Crippen LogP contribution in [0.15, 0.2) is 4.90 Å². The van der Waals surface area contributed by atoms with Gasteiger partial charge >= 0.3 is 0 Å². The maximum Gasteiger partial charge on any atom is 0.248 e. The summed E-state index contributed by atoms with van der Waals surface area (Å²) in [5.41, 5.74) is 5.22. The van der Waals surface area contributed by atoms with Crippen molar-refractivity contribution in [2.75, 3.05) is 18.8 Å². The fraction of sp³-hybridized carbons (Fsp3) is 0.727. The van der Waals surface area contributed by atoms with Crippen LogP contribution in [-0.2, 0) is 17.1 Å². The van der Waals surface area contributed by atoms with Crippen molar-refractivity contribution in [2.24, 2.45) is 13.0 Å². The van der Waals surface area contributed by atoms with Gasteiger partial charge in [-0.25, -0.2) is 8.42 Å². The van der Waals surface area contributed by atoms with Crippen molar-refractivity contribution in [2.45, 2.75) is 31.3 Å². The lowest BCUT2D eigenvalue weighted by molar-refractivity contribution is -0.0932. The highest BCUT2D eigenvalue weighted by Gasteiger charge is 2.50. The molecule has 0 amide bonds. The van der Waals surface area contributed by atoms with Crippen molar-refractivity contribution < 1.29 is 13.5 Å². The Morgan fingerprint density at radius 2 is 1.95 bits per heavy atom. The minimum absolute atomic E-state index is 0.0000123. The van der Waals surface area contributed by atoms with Gasteiger partial charge in [0.25, 0.3) is 0 Å². The molecule has 1 aliphatic rings. The Morgan fingerprint density at radius 1 is 1.42 bits per heavy atom. The Hall–Kier alpha value is -1.12. The molecule has 1 aromatic rings. The van der Waals surface area contributed by atoms with Crippen molar-refractivity contribution in [3.8, 4) is 0 Å². The summed E-state index contributed by atoms with van der Waals surface area (Å²) in [5.74, 6) is 0.00581. The monoisotopic (exact) mass is 288 g/mol. The Bertz CT molecular complexity index is 600. The van der Waals surface area contributed by atoms with E-state index in [0.717, 1.165) is 0 Å². The van der Waals surface area contributed by atoms with Gasteiger partial charge in [0.1, 0.15) is 4.90 Å². The Labute approximate surface area is 113 Å². The van der Waals surface area contributed by atoms with Gasteiger partial charge in [0.2, 0.25) is 10.0 Å². The van der Waals surface area contributed by atoms with Crippen LogP contribution < -0.4 is 5.73 Å². The number of aromatic nitrogens is 2. The second-order valence-corrected chi connectivity index (χ2v) is 7.33. The molecule has 0 unspecified atom stereocenters. The number of nitrogens with two attached hydrogens (primary N) is 1. The molecule has 19 heavy (non-hydrogen) atoms. The van der Waals surface area contributed by atoms with Gasteiger partial charge in [0, 0.05) is 20.1 Å². The van der Waals surface area contributed by atoms with Crippen LogP contribution in [0, 0.1) is 12.8 Å². The highest BCUT2D eigenvalue weighted by atomic mass is 32.2. The number of hydrogen-bond acceptors (Lipinski definition) is 5. The summed E-state index contributed by atoms with van der Waals surface area (Å²) >= 11 is 0. The van der Waals surface area contributed by atoms with Crippen LogP contribution in [0.1, 0.15) is 19.5 Å². The van der Waals surface area contributed by atoms with E-state index in [-0.39, 0.29) is 29.7 Å². The molecule has 1 aliphatic heterocycles. The first-order valence-electron chi connectivity index (χ1n) is 6.11. The predicted octanol–water partition coefficient (Wildman–Crippen LogP) is -0.298. The van der Waals surface area contributed by atoms with Crippen LogP contribution in [0.25, 0.3) is 0 Å².